The van der Waals surface area contributed by atoms with Crippen LogP contribution in [0.5, 0.6) is 0 Å². The van der Waals surface area contributed by atoms with Crippen molar-refractivity contribution in [3.8, 4) is 0 Å². The Morgan fingerprint density at radius 3 is 1.65 bits per heavy atom. The molecule has 23 heavy (non-hydrogen) atoms. The first-order valence-electron chi connectivity index (χ1n) is 9.61. The highest BCUT2D eigenvalue weighted by atomic mass is 16.4. The minimum atomic E-state index is -0.756. The molecule has 0 aromatic carbocycles. The van der Waals surface area contributed by atoms with E-state index in [0.29, 0.717) is 6.04 Å². The minimum absolute atomic E-state index is 0.201. The summed E-state index contributed by atoms with van der Waals surface area (Å²) >= 11 is 0. The van der Waals surface area contributed by atoms with Crippen molar-refractivity contribution in [3.63, 3.8) is 0 Å². The van der Waals surface area contributed by atoms with Gasteiger partial charge in [0.05, 0.1) is 0 Å². The number of rotatable bonds is 6. The van der Waals surface area contributed by atoms with E-state index in [-0.39, 0.29) is 11.6 Å². The summed E-state index contributed by atoms with van der Waals surface area (Å²) in [5.41, 5.74) is -0.301. The lowest BCUT2D eigenvalue weighted by Gasteiger charge is -2.44. The van der Waals surface area contributed by atoms with Crippen molar-refractivity contribution in [1.29, 1.82) is 0 Å². The number of nitrogens with zero attached hydrogens (tertiary/aromatic N) is 2. The average Bonchev–Trinajstić information content (AvgIpc) is 3.32. The molecule has 3 aliphatic rings. The van der Waals surface area contributed by atoms with Crippen molar-refractivity contribution in [1.82, 2.24) is 9.80 Å². The van der Waals surface area contributed by atoms with Gasteiger partial charge in [0.1, 0.15) is 0 Å². The first kappa shape index (κ1) is 17.1. The lowest BCUT2D eigenvalue weighted by Crippen LogP contribution is -2.53. The van der Waals surface area contributed by atoms with Gasteiger partial charge in [0.25, 0.3) is 0 Å². The summed E-state index contributed by atoms with van der Waals surface area (Å²) in [4.78, 5) is 16.2. The second-order valence-electron chi connectivity index (χ2n) is 9.13. The lowest BCUT2D eigenvalue weighted by atomic mass is 9.87. The zero-order valence-corrected chi connectivity index (χ0v) is 15.1. The molecule has 3 aliphatic carbocycles. The summed E-state index contributed by atoms with van der Waals surface area (Å²) in [6, 6.07) is 0.899. The Labute approximate surface area is 141 Å². The van der Waals surface area contributed by atoms with Crippen LogP contribution in [0.25, 0.3) is 0 Å². The van der Waals surface area contributed by atoms with Gasteiger partial charge in [0.2, 0.25) is 0 Å². The molecule has 3 rings (SSSR count). The van der Waals surface area contributed by atoms with Crippen molar-refractivity contribution in [2.24, 2.45) is 11.8 Å². The molecule has 132 valence electrons. The van der Waals surface area contributed by atoms with Gasteiger partial charge < -0.3 is 10.0 Å². The van der Waals surface area contributed by atoms with Crippen LogP contribution in [0.15, 0.2) is 0 Å². The second kappa shape index (κ2) is 6.62. The van der Waals surface area contributed by atoms with Crippen LogP contribution in [0.2, 0.25) is 0 Å². The first-order valence-corrected chi connectivity index (χ1v) is 9.61. The number of amides is 1. The Bertz CT molecular complexity index is 402. The molecule has 1 N–H and O–H groups in total. The molecule has 0 radical (unpaired) electrons. The van der Waals surface area contributed by atoms with Gasteiger partial charge in [-0.2, -0.15) is 0 Å². The molecule has 0 aromatic heterocycles. The van der Waals surface area contributed by atoms with E-state index in [1.165, 1.54) is 51.6 Å². The maximum atomic E-state index is 11.7. The number of hydrogen-bond acceptors (Lipinski definition) is 2. The fraction of sp³-hybridized carbons (Fsp3) is 0.947. The van der Waals surface area contributed by atoms with Crippen LogP contribution in [-0.2, 0) is 0 Å². The maximum Gasteiger partial charge on any atom is 0.407 e. The molecule has 0 saturated heterocycles. The van der Waals surface area contributed by atoms with E-state index in [1.54, 1.807) is 4.90 Å². The van der Waals surface area contributed by atoms with E-state index in [9.17, 15) is 9.90 Å². The molecule has 4 heteroatoms. The fourth-order valence-electron chi connectivity index (χ4n) is 4.31. The van der Waals surface area contributed by atoms with E-state index in [4.69, 9.17) is 0 Å². The topological polar surface area (TPSA) is 43.8 Å². The molecule has 0 aromatic rings. The van der Waals surface area contributed by atoms with Crippen molar-refractivity contribution >= 4 is 6.09 Å². The molecular weight excluding hydrogens is 288 g/mol. The van der Waals surface area contributed by atoms with Crippen LogP contribution in [-0.4, -0.2) is 51.7 Å². The number of carbonyl (C=O) groups is 1. The van der Waals surface area contributed by atoms with Gasteiger partial charge in [-0.1, -0.05) is 0 Å². The Morgan fingerprint density at radius 2 is 1.30 bits per heavy atom. The zero-order valence-electron chi connectivity index (χ0n) is 15.1. The highest BCUT2D eigenvalue weighted by Gasteiger charge is 2.38. The average molecular weight is 322 g/mol. The van der Waals surface area contributed by atoms with E-state index >= 15 is 0 Å². The zero-order chi connectivity index (χ0) is 16.6. The largest absolute Gasteiger partial charge is 0.465 e. The third kappa shape index (κ3) is 4.62. The summed E-state index contributed by atoms with van der Waals surface area (Å²) < 4.78 is 0. The lowest BCUT2D eigenvalue weighted by molar-refractivity contribution is 0.0390. The second-order valence-corrected chi connectivity index (χ2v) is 9.13. The van der Waals surface area contributed by atoms with Gasteiger partial charge in [0, 0.05) is 30.7 Å². The van der Waals surface area contributed by atoms with Gasteiger partial charge in [-0.05, 0) is 84.0 Å². The van der Waals surface area contributed by atoms with E-state index < -0.39 is 6.09 Å². The van der Waals surface area contributed by atoms with Crippen LogP contribution in [0.3, 0.4) is 0 Å². The minimum Gasteiger partial charge on any atom is -0.465 e. The standard InChI is InChI=1S/C19H34N2O2/c1-19(2,3)21(18(22)23)17-10-8-16(9-11-17)20(12-14-4-5-14)13-15-6-7-15/h14-17H,4-13H2,1-3H3,(H,22,23)/t16-,17-. The van der Waals surface area contributed by atoms with Gasteiger partial charge in [-0.25, -0.2) is 4.79 Å². The quantitative estimate of drug-likeness (QED) is 0.797. The van der Waals surface area contributed by atoms with Crippen molar-refractivity contribution < 1.29 is 9.90 Å². The summed E-state index contributed by atoms with van der Waals surface area (Å²) in [7, 11) is 0. The van der Waals surface area contributed by atoms with Gasteiger partial charge in [-0.3, -0.25) is 4.90 Å². The third-order valence-electron chi connectivity index (χ3n) is 5.86. The SMILES string of the molecule is CC(C)(C)N(C(=O)O)[C@H]1CC[C@H](N(CC2CC2)CC2CC2)CC1. The van der Waals surface area contributed by atoms with E-state index in [1.807, 2.05) is 20.8 Å². The summed E-state index contributed by atoms with van der Waals surface area (Å²) in [6.07, 6.45) is 9.34. The molecule has 0 bridgehead atoms. The van der Waals surface area contributed by atoms with Gasteiger partial charge >= 0.3 is 6.09 Å². The molecule has 0 aliphatic heterocycles. The number of carboxylic acid groups (broad SMARTS) is 1. The summed E-state index contributed by atoms with van der Waals surface area (Å²) in [5, 5.41) is 9.61. The fourth-order valence-corrected chi connectivity index (χ4v) is 4.31. The molecule has 0 heterocycles. The smallest absolute Gasteiger partial charge is 0.407 e. The molecule has 0 spiro atoms. The van der Waals surface area contributed by atoms with Crippen molar-refractivity contribution in [2.45, 2.75) is 89.8 Å². The van der Waals surface area contributed by atoms with Crippen molar-refractivity contribution in [3.05, 3.63) is 0 Å². The van der Waals surface area contributed by atoms with Crippen LogP contribution in [0, 0.1) is 11.8 Å². The van der Waals surface area contributed by atoms with E-state index in [2.05, 4.69) is 4.90 Å². The summed E-state index contributed by atoms with van der Waals surface area (Å²) in [6.45, 7) is 8.64. The first-order chi connectivity index (χ1) is 10.8. The third-order valence-corrected chi connectivity index (χ3v) is 5.86. The molecule has 3 saturated carbocycles. The summed E-state index contributed by atoms with van der Waals surface area (Å²) in [5.74, 6) is 1.91. The van der Waals surface area contributed by atoms with Crippen LogP contribution >= 0.6 is 0 Å². The highest BCUT2D eigenvalue weighted by Crippen LogP contribution is 2.37. The predicted molar refractivity (Wildman–Crippen MR) is 92.7 cm³/mol. The van der Waals surface area contributed by atoms with Crippen LogP contribution < -0.4 is 0 Å². The molecule has 3 fully saturated rings. The normalized spacial score (nSPS) is 28.9. The molecule has 0 unspecified atom stereocenters. The highest BCUT2D eigenvalue weighted by molar-refractivity contribution is 5.66. The molecule has 1 amide bonds. The number of hydrogen-bond donors (Lipinski definition) is 1. The Morgan fingerprint density at radius 1 is 0.870 bits per heavy atom. The van der Waals surface area contributed by atoms with Gasteiger partial charge in [0.15, 0.2) is 0 Å². The molecule has 0 atom stereocenters. The Balaban J connectivity index is 1.56. The Kier molecular flexibility index (Phi) is 4.91. The monoisotopic (exact) mass is 322 g/mol. The van der Waals surface area contributed by atoms with Gasteiger partial charge in [-0.15, -0.1) is 0 Å². The van der Waals surface area contributed by atoms with Crippen LogP contribution in [0.4, 0.5) is 4.79 Å². The van der Waals surface area contributed by atoms with E-state index in [0.717, 1.165) is 24.7 Å². The predicted octanol–water partition coefficient (Wildman–Crippen LogP) is 4.20. The molecule has 4 nitrogen and oxygen atoms in total. The maximum absolute atomic E-state index is 11.7. The Hall–Kier alpha value is -0.770. The molecular formula is C19H34N2O2. The van der Waals surface area contributed by atoms with Crippen molar-refractivity contribution in [2.75, 3.05) is 13.1 Å². The van der Waals surface area contributed by atoms with Crippen LogP contribution in [0.1, 0.15) is 72.1 Å².